The number of thiophene rings is 1. The number of nitrogens with zero attached hydrogens (tertiary/aromatic N) is 2. The first-order valence-corrected chi connectivity index (χ1v) is 12.2. The molecular weight excluding hydrogens is 443 g/mol. The fourth-order valence-electron chi connectivity index (χ4n) is 4.75. The van der Waals surface area contributed by atoms with Gasteiger partial charge in [-0.25, -0.2) is 4.39 Å². The highest BCUT2D eigenvalue weighted by Gasteiger charge is 2.39. The van der Waals surface area contributed by atoms with Crippen LogP contribution in [0.2, 0.25) is 0 Å². The summed E-state index contributed by atoms with van der Waals surface area (Å²) in [5.74, 6) is -0.229. The molecule has 6 nitrogen and oxygen atoms in total. The molecule has 0 bridgehead atoms. The number of carbonyl (C=O) groups is 2. The molecule has 3 aliphatic rings. The number of rotatable bonds is 6. The molecule has 3 heterocycles. The summed E-state index contributed by atoms with van der Waals surface area (Å²) < 4.78 is 25.8. The van der Waals surface area contributed by atoms with Crippen molar-refractivity contribution in [2.45, 2.75) is 45.0 Å². The van der Waals surface area contributed by atoms with Crippen molar-refractivity contribution < 1.29 is 23.5 Å². The van der Waals surface area contributed by atoms with E-state index in [1.165, 1.54) is 17.4 Å². The van der Waals surface area contributed by atoms with E-state index in [0.29, 0.717) is 44.7 Å². The van der Waals surface area contributed by atoms with Gasteiger partial charge >= 0.3 is 0 Å². The third-order valence-corrected chi connectivity index (χ3v) is 7.61. The SMILES string of the molecule is C=C1CC[C@H](N2Cc3c(csc3COc3ccc(CN4CCOCC4)cc3F)C2=O)C(=O)C1. The number of amides is 1. The molecule has 0 N–H and O–H groups in total. The quantitative estimate of drug-likeness (QED) is 0.599. The molecule has 33 heavy (non-hydrogen) atoms. The van der Waals surface area contributed by atoms with Crippen molar-refractivity contribution >= 4 is 23.0 Å². The number of hydrogen-bond acceptors (Lipinski definition) is 6. The number of benzene rings is 1. The molecule has 2 fully saturated rings. The average molecular weight is 471 g/mol. The molecule has 1 saturated heterocycles. The summed E-state index contributed by atoms with van der Waals surface area (Å²) >= 11 is 1.44. The van der Waals surface area contributed by atoms with Crippen LogP contribution < -0.4 is 4.74 Å². The van der Waals surface area contributed by atoms with E-state index < -0.39 is 0 Å². The smallest absolute Gasteiger partial charge is 0.255 e. The lowest BCUT2D eigenvalue weighted by molar-refractivity contribution is -0.124. The Labute approximate surface area is 196 Å². The summed E-state index contributed by atoms with van der Waals surface area (Å²) in [7, 11) is 0. The molecular formula is C25H27FN2O4S. The molecule has 1 aromatic heterocycles. The molecule has 0 spiro atoms. The van der Waals surface area contributed by atoms with Crippen molar-refractivity contribution in [1.82, 2.24) is 9.80 Å². The van der Waals surface area contributed by atoms with Gasteiger partial charge in [-0.15, -0.1) is 11.3 Å². The average Bonchev–Trinajstić information content (AvgIpc) is 3.34. The Morgan fingerprint density at radius 1 is 1.24 bits per heavy atom. The maximum Gasteiger partial charge on any atom is 0.255 e. The zero-order valence-electron chi connectivity index (χ0n) is 18.5. The van der Waals surface area contributed by atoms with Crippen LogP contribution in [0.3, 0.4) is 0 Å². The minimum Gasteiger partial charge on any atom is -0.485 e. The Balaban J connectivity index is 1.23. The molecule has 2 aromatic rings. The number of Topliss-reactive ketones (excluding diaryl/α,β-unsaturated/α-hetero) is 1. The van der Waals surface area contributed by atoms with E-state index in [0.717, 1.165) is 41.1 Å². The van der Waals surface area contributed by atoms with Gasteiger partial charge in [-0.05, 0) is 30.5 Å². The van der Waals surface area contributed by atoms with Crippen molar-refractivity contribution in [1.29, 1.82) is 0 Å². The second-order valence-corrected chi connectivity index (χ2v) is 9.84. The first kappa shape index (κ1) is 22.3. The van der Waals surface area contributed by atoms with Crippen LogP contribution in [-0.2, 0) is 29.2 Å². The molecule has 5 rings (SSSR count). The Morgan fingerprint density at radius 3 is 2.82 bits per heavy atom. The van der Waals surface area contributed by atoms with E-state index in [1.54, 1.807) is 11.0 Å². The third kappa shape index (κ3) is 4.60. The normalized spacial score (nSPS) is 21.5. The zero-order valence-corrected chi connectivity index (χ0v) is 19.3. The van der Waals surface area contributed by atoms with Gasteiger partial charge in [0.05, 0.1) is 24.8 Å². The Bertz CT molecular complexity index is 1090. The fourth-order valence-corrected chi connectivity index (χ4v) is 5.70. The van der Waals surface area contributed by atoms with Crippen molar-refractivity contribution in [3.8, 4) is 5.75 Å². The Kier molecular flexibility index (Phi) is 6.32. The third-order valence-electron chi connectivity index (χ3n) is 6.61. The predicted molar refractivity (Wildman–Crippen MR) is 123 cm³/mol. The van der Waals surface area contributed by atoms with Crippen LogP contribution in [0, 0.1) is 5.82 Å². The monoisotopic (exact) mass is 470 g/mol. The number of hydrogen-bond donors (Lipinski definition) is 0. The second-order valence-electron chi connectivity index (χ2n) is 8.87. The Morgan fingerprint density at radius 2 is 2.06 bits per heavy atom. The van der Waals surface area contributed by atoms with Gasteiger partial charge in [0.1, 0.15) is 6.61 Å². The minimum atomic E-state index is -0.389. The first-order valence-electron chi connectivity index (χ1n) is 11.3. The van der Waals surface area contributed by atoms with Gasteiger partial charge in [0, 0.05) is 48.4 Å². The van der Waals surface area contributed by atoms with E-state index >= 15 is 0 Å². The zero-order chi connectivity index (χ0) is 22.9. The fraction of sp³-hybridized carbons (Fsp3) is 0.440. The van der Waals surface area contributed by atoms with Crippen LogP contribution in [0.1, 0.15) is 45.6 Å². The highest BCUT2D eigenvalue weighted by molar-refractivity contribution is 7.10. The number of halogens is 1. The van der Waals surface area contributed by atoms with Gasteiger partial charge in [0.2, 0.25) is 0 Å². The molecule has 0 radical (unpaired) electrons. The predicted octanol–water partition coefficient (Wildman–Crippen LogP) is 3.93. The van der Waals surface area contributed by atoms with Crippen molar-refractivity contribution in [3.63, 3.8) is 0 Å². The molecule has 1 aromatic carbocycles. The van der Waals surface area contributed by atoms with Crippen molar-refractivity contribution in [3.05, 3.63) is 63.1 Å². The summed E-state index contributed by atoms with van der Waals surface area (Å²) in [6.45, 7) is 8.29. The van der Waals surface area contributed by atoms with E-state index in [9.17, 15) is 14.0 Å². The minimum absolute atomic E-state index is 0.0606. The summed E-state index contributed by atoms with van der Waals surface area (Å²) in [4.78, 5) is 30.2. The maximum absolute atomic E-state index is 14.7. The van der Waals surface area contributed by atoms with Crippen LogP contribution in [0.5, 0.6) is 5.75 Å². The molecule has 1 saturated carbocycles. The van der Waals surface area contributed by atoms with Crippen LogP contribution in [0.15, 0.2) is 35.7 Å². The lowest BCUT2D eigenvalue weighted by Gasteiger charge is -2.30. The van der Waals surface area contributed by atoms with Crippen LogP contribution >= 0.6 is 11.3 Å². The van der Waals surface area contributed by atoms with E-state index in [1.807, 2.05) is 11.4 Å². The summed E-state index contributed by atoms with van der Waals surface area (Å²) in [5.41, 5.74) is 3.37. The highest BCUT2D eigenvalue weighted by atomic mass is 32.1. The lowest BCUT2D eigenvalue weighted by atomic mass is 9.90. The summed E-state index contributed by atoms with van der Waals surface area (Å²) in [6.07, 6.45) is 1.74. The van der Waals surface area contributed by atoms with Gasteiger partial charge in [-0.2, -0.15) is 0 Å². The molecule has 174 valence electrons. The summed E-state index contributed by atoms with van der Waals surface area (Å²) in [5, 5.41) is 1.82. The molecule has 1 aliphatic carbocycles. The molecule has 2 aliphatic heterocycles. The standard InChI is InChI=1S/C25H27FN2O4S/c1-16-2-4-21(22(29)10-16)28-13-18-19(25(28)30)15-33-24(18)14-32-23-5-3-17(11-20(23)26)12-27-6-8-31-9-7-27/h3,5,11,15,21H,1-2,4,6-10,12-14H2/t21-/m0/s1. The van der Waals surface area contributed by atoms with Gasteiger partial charge in [0.15, 0.2) is 17.3 Å². The number of allylic oxidation sites excluding steroid dienone is 1. The van der Waals surface area contributed by atoms with Crippen LogP contribution in [-0.4, -0.2) is 53.8 Å². The molecule has 8 heteroatoms. The number of carbonyl (C=O) groups excluding carboxylic acids is 2. The van der Waals surface area contributed by atoms with E-state index in [2.05, 4.69) is 11.5 Å². The van der Waals surface area contributed by atoms with Gasteiger partial charge in [0.25, 0.3) is 5.91 Å². The Hall–Kier alpha value is -2.55. The second kappa shape index (κ2) is 9.37. The van der Waals surface area contributed by atoms with Gasteiger partial charge in [-0.1, -0.05) is 18.2 Å². The molecule has 0 unspecified atom stereocenters. The maximum atomic E-state index is 14.7. The molecule has 1 atom stereocenters. The molecule has 1 amide bonds. The van der Waals surface area contributed by atoms with Gasteiger partial charge in [-0.3, -0.25) is 14.5 Å². The van der Waals surface area contributed by atoms with Crippen LogP contribution in [0.4, 0.5) is 4.39 Å². The summed E-state index contributed by atoms with van der Waals surface area (Å²) in [6, 6.07) is 4.70. The van der Waals surface area contributed by atoms with E-state index in [-0.39, 0.29) is 35.9 Å². The first-order chi connectivity index (χ1) is 16.0. The lowest BCUT2D eigenvalue weighted by Crippen LogP contribution is -2.43. The largest absolute Gasteiger partial charge is 0.485 e. The topological polar surface area (TPSA) is 59.1 Å². The van der Waals surface area contributed by atoms with Crippen molar-refractivity contribution in [2.24, 2.45) is 0 Å². The number of fused-ring (bicyclic) bond motifs is 1. The van der Waals surface area contributed by atoms with Crippen LogP contribution in [0.25, 0.3) is 0 Å². The number of ketones is 1. The number of ether oxygens (including phenoxy) is 2. The van der Waals surface area contributed by atoms with Gasteiger partial charge < -0.3 is 14.4 Å². The highest BCUT2D eigenvalue weighted by Crippen LogP contribution is 2.36. The van der Waals surface area contributed by atoms with Crippen molar-refractivity contribution in [2.75, 3.05) is 26.3 Å². The van der Waals surface area contributed by atoms with E-state index in [4.69, 9.17) is 9.47 Å². The number of morpholine rings is 1.